The summed E-state index contributed by atoms with van der Waals surface area (Å²) in [6.07, 6.45) is 0.962. The number of anilines is 1. The highest BCUT2D eigenvalue weighted by molar-refractivity contribution is 6.21. The van der Waals surface area contributed by atoms with Gasteiger partial charge < -0.3 is 4.90 Å². The van der Waals surface area contributed by atoms with Gasteiger partial charge in [-0.25, -0.2) is 0 Å². The molecule has 6 nitrogen and oxygen atoms in total. The summed E-state index contributed by atoms with van der Waals surface area (Å²) in [6, 6.07) is 25.2. The van der Waals surface area contributed by atoms with Gasteiger partial charge in [0.2, 0.25) is 0 Å². The molecule has 0 spiro atoms. The van der Waals surface area contributed by atoms with Crippen LogP contribution in [0.5, 0.6) is 0 Å². The number of nitriles is 1. The van der Waals surface area contributed by atoms with E-state index < -0.39 is 0 Å². The number of carbonyl (C=O) groups is 2. The molecule has 0 bridgehead atoms. The first-order valence-corrected chi connectivity index (χ1v) is 11.6. The molecule has 2 amide bonds. The Morgan fingerprint density at radius 1 is 0.735 bits per heavy atom. The number of carbonyl (C=O) groups excluding carboxylic acids is 2. The minimum absolute atomic E-state index is 0.218. The molecule has 2 heterocycles. The molecule has 0 atom stereocenters. The maximum absolute atomic E-state index is 12.6. The van der Waals surface area contributed by atoms with E-state index in [4.69, 9.17) is 5.26 Å². The number of hydrogen-bond acceptors (Lipinski definition) is 5. The number of nitrogens with zero attached hydrogens (tertiary/aromatic N) is 4. The molecule has 2 aliphatic heterocycles. The first-order valence-electron chi connectivity index (χ1n) is 11.6. The highest BCUT2D eigenvalue weighted by Crippen LogP contribution is 2.24. The minimum atomic E-state index is -0.218. The van der Waals surface area contributed by atoms with Crippen LogP contribution in [0.15, 0.2) is 72.8 Å². The summed E-state index contributed by atoms with van der Waals surface area (Å²) in [5.41, 5.74) is 5.05. The maximum Gasteiger partial charge on any atom is 0.261 e. The molecule has 3 aromatic carbocycles. The van der Waals surface area contributed by atoms with Crippen LogP contribution >= 0.6 is 0 Å². The Labute approximate surface area is 199 Å². The van der Waals surface area contributed by atoms with Crippen LogP contribution in [0, 0.1) is 11.3 Å². The lowest BCUT2D eigenvalue weighted by molar-refractivity contribution is 0.0642. The van der Waals surface area contributed by atoms with E-state index in [0.29, 0.717) is 23.2 Å². The molecular weight excluding hydrogens is 424 g/mol. The lowest BCUT2D eigenvalue weighted by atomic mass is 10.1. The fraction of sp³-hybridized carbons (Fsp3) is 0.250. The van der Waals surface area contributed by atoms with Gasteiger partial charge in [0.25, 0.3) is 11.8 Å². The number of hydrogen-bond donors (Lipinski definition) is 0. The average Bonchev–Trinajstić information content (AvgIpc) is 3.13. The van der Waals surface area contributed by atoms with Crippen molar-refractivity contribution in [2.45, 2.75) is 13.0 Å². The predicted molar refractivity (Wildman–Crippen MR) is 131 cm³/mol. The van der Waals surface area contributed by atoms with E-state index in [0.717, 1.165) is 44.7 Å². The van der Waals surface area contributed by atoms with Crippen molar-refractivity contribution in [3.63, 3.8) is 0 Å². The van der Waals surface area contributed by atoms with Crippen LogP contribution in [0.1, 0.15) is 37.4 Å². The van der Waals surface area contributed by atoms with E-state index in [9.17, 15) is 9.59 Å². The summed E-state index contributed by atoms with van der Waals surface area (Å²) in [5, 5.41) is 8.96. The van der Waals surface area contributed by atoms with Crippen molar-refractivity contribution in [3.05, 3.63) is 101 Å². The summed E-state index contributed by atoms with van der Waals surface area (Å²) < 4.78 is 0. The smallest absolute Gasteiger partial charge is 0.261 e. The Kier molecular flexibility index (Phi) is 6.11. The Morgan fingerprint density at radius 3 is 1.91 bits per heavy atom. The van der Waals surface area contributed by atoms with Gasteiger partial charge in [-0.1, -0.05) is 36.4 Å². The lowest BCUT2D eigenvalue weighted by Gasteiger charge is -2.36. The van der Waals surface area contributed by atoms with Crippen LogP contribution in [0.2, 0.25) is 0 Å². The summed E-state index contributed by atoms with van der Waals surface area (Å²) in [7, 11) is 0. The molecule has 0 saturated carbocycles. The second-order valence-electron chi connectivity index (χ2n) is 8.80. The summed E-state index contributed by atoms with van der Waals surface area (Å²) in [4.78, 5) is 31.3. The second kappa shape index (κ2) is 9.50. The predicted octanol–water partition coefficient (Wildman–Crippen LogP) is 3.72. The van der Waals surface area contributed by atoms with Gasteiger partial charge in [0, 0.05) is 38.4 Å². The van der Waals surface area contributed by atoms with E-state index in [1.54, 1.807) is 24.3 Å². The van der Waals surface area contributed by atoms with E-state index in [1.807, 2.05) is 36.4 Å². The largest absolute Gasteiger partial charge is 0.369 e. The van der Waals surface area contributed by atoms with E-state index in [1.165, 1.54) is 16.2 Å². The van der Waals surface area contributed by atoms with Crippen LogP contribution in [-0.2, 0) is 13.0 Å². The molecule has 0 radical (unpaired) electrons. The van der Waals surface area contributed by atoms with Crippen molar-refractivity contribution in [2.24, 2.45) is 0 Å². The van der Waals surface area contributed by atoms with Crippen molar-refractivity contribution < 1.29 is 9.59 Å². The lowest BCUT2D eigenvalue weighted by Crippen LogP contribution is -2.47. The number of amides is 2. The highest BCUT2D eigenvalue weighted by Gasteiger charge is 2.34. The third-order valence-corrected chi connectivity index (χ3v) is 6.69. The van der Waals surface area contributed by atoms with E-state index in [-0.39, 0.29) is 11.8 Å². The van der Waals surface area contributed by atoms with Gasteiger partial charge in [0.15, 0.2) is 0 Å². The number of fused-ring (bicyclic) bond motifs is 1. The van der Waals surface area contributed by atoms with E-state index >= 15 is 0 Å². The van der Waals surface area contributed by atoms with Crippen molar-refractivity contribution in [1.82, 2.24) is 9.80 Å². The Bertz CT molecular complexity index is 1200. The molecule has 5 rings (SSSR count). The van der Waals surface area contributed by atoms with Gasteiger partial charge in [-0.3, -0.25) is 19.4 Å². The molecule has 34 heavy (non-hydrogen) atoms. The van der Waals surface area contributed by atoms with Crippen molar-refractivity contribution in [3.8, 4) is 6.07 Å². The molecule has 1 fully saturated rings. The molecule has 0 N–H and O–H groups in total. The highest BCUT2D eigenvalue weighted by atomic mass is 16.2. The monoisotopic (exact) mass is 450 g/mol. The summed E-state index contributed by atoms with van der Waals surface area (Å²) in [6.45, 7) is 5.27. The van der Waals surface area contributed by atoms with Gasteiger partial charge in [-0.2, -0.15) is 5.26 Å². The third kappa shape index (κ3) is 4.43. The van der Waals surface area contributed by atoms with Crippen molar-refractivity contribution >= 4 is 17.5 Å². The summed E-state index contributed by atoms with van der Waals surface area (Å²) in [5.74, 6) is -0.436. The molecule has 0 aromatic heterocycles. The Hall–Kier alpha value is -3.95. The fourth-order valence-electron chi connectivity index (χ4n) is 4.64. The van der Waals surface area contributed by atoms with Crippen LogP contribution < -0.4 is 4.90 Å². The second-order valence-corrected chi connectivity index (χ2v) is 8.80. The zero-order valence-corrected chi connectivity index (χ0v) is 19.0. The summed E-state index contributed by atoms with van der Waals surface area (Å²) >= 11 is 0. The average molecular weight is 451 g/mol. The molecule has 0 unspecified atom stereocenters. The molecule has 2 aliphatic rings. The number of piperazine rings is 1. The molecule has 170 valence electrons. The van der Waals surface area contributed by atoms with Crippen molar-refractivity contribution in [1.29, 1.82) is 5.26 Å². The zero-order chi connectivity index (χ0) is 23.5. The third-order valence-electron chi connectivity index (χ3n) is 6.69. The van der Waals surface area contributed by atoms with Gasteiger partial charge in [-0.15, -0.1) is 0 Å². The van der Waals surface area contributed by atoms with Gasteiger partial charge in [-0.05, 0) is 53.9 Å². The Morgan fingerprint density at radius 2 is 1.32 bits per heavy atom. The van der Waals surface area contributed by atoms with Crippen LogP contribution in [0.25, 0.3) is 0 Å². The SMILES string of the molecule is N#Cc1ccc(N2CCN(CCc3ccc(CN4C(=O)c5ccccc5C4=O)cc3)CC2)cc1. The van der Waals surface area contributed by atoms with Crippen LogP contribution in [0.4, 0.5) is 5.69 Å². The first-order chi connectivity index (χ1) is 16.6. The fourth-order valence-corrected chi connectivity index (χ4v) is 4.64. The molecule has 1 saturated heterocycles. The number of imide groups is 1. The number of benzene rings is 3. The van der Waals surface area contributed by atoms with E-state index in [2.05, 4.69) is 28.0 Å². The van der Waals surface area contributed by atoms with Gasteiger partial charge in [0.05, 0.1) is 29.3 Å². The Balaban J connectivity index is 1.11. The molecule has 3 aromatic rings. The molecular formula is C28H26N4O2. The molecule has 0 aliphatic carbocycles. The van der Waals surface area contributed by atoms with Crippen LogP contribution in [-0.4, -0.2) is 54.3 Å². The number of rotatable bonds is 6. The van der Waals surface area contributed by atoms with Crippen LogP contribution in [0.3, 0.4) is 0 Å². The standard InChI is InChI=1S/C28H26N4O2/c29-19-22-9-11-24(12-10-22)31-17-15-30(16-18-31)14-13-21-5-7-23(8-6-21)20-32-27(33)25-3-1-2-4-26(25)28(32)34/h1-12H,13-18,20H2. The zero-order valence-electron chi connectivity index (χ0n) is 19.0. The van der Waals surface area contributed by atoms with Gasteiger partial charge >= 0.3 is 0 Å². The normalized spacial score (nSPS) is 16.0. The quantitative estimate of drug-likeness (QED) is 0.536. The minimum Gasteiger partial charge on any atom is -0.369 e. The van der Waals surface area contributed by atoms with Gasteiger partial charge in [0.1, 0.15) is 0 Å². The molecule has 6 heteroatoms. The van der Waals surface area contributed by atoms with Crippen molar-refractivity contribution in [2.75, 3.05) is 37.6 Å². The maximum atomic E-state index is 12.6. The first kappa shape index (κ1) is 21.9. The topological polar surface area (TPSA) is 67.7 Å².